The summed E-state index contributed by atoms with van der Waals surface area (Å²) < 4.78 is 18.1. The lowest BCUT2D eigenvalue weighted by Crippen LogP contribution is -1.95. The zero-order chi connectivity index (χ0) is 11.7. The maximum absolute atomic E-state index is 13.4. The Labute approximate surface area is 93.5 Å². The summed E-state index contributed by atoms with van der Waals surface area (Å²) in [6, 6.07) is 4.01. The molecule has 0 atom stereocenters. The van der Waals surface area contributed by atoms with E-state index < -0.39 is 17.7 Å². The van der Waals surface area contributed by atoms with Gasteiger partial charge in [-0.05, 0) is 12.1 Å². The van der Waals surface area contributed by atoms with Gasteiger partial charge in [0.1, 0.15) is 5.82 Å². The van der Waals surface area contributed by atoms with Gasteiger partial charge in [0.15, 0.2) is 0 Å². The normalized spacial score (nSPS) is 10.4. The first-order valence-corrected chi connectivity index (χ1v) is 4.48. The molecule has 0 saturated heterocycles. The summed E-state index contributed by atoms with van der Waals surface area (Å²) in [6.45, 7) is 0. The Morgan fingerprint density at radius 2 is 2.19 bits per heavy atom. The lowest BCUT2D eigenvalue weighted by molar-refractivity contribution is 0.0654. The number of carboxylic acid groups (broad SMARTS) is 1. The van der Waals surface area contributed by atoms with Crippen LogP contribution < -0.4 is 0 Å². The summed E-state index contributed by atoms with van der Waals surface area (Å²) in [6.07, 6.45) is 0. The highest BCUT2D eigenvalue weighted by molar-refractivity contribution is 6.33. The lowest BCUT2D eigenvalue weighted by Gasteiger charge is -1.99. The molecule has 0 saturated carbocycles. The maximum atomic E-state index is 13.4. The summed E-state index contributed by atoms with van der Waals surface area (Å²) >= 11 is 5.74. The van der Waals surface area contributed by atoms with Crippen molar-refractivity contribution in [1.29, 1.82) is 0 Å². The van der Waals surface area contributed by atoms with E-state index in [0.29, 0.717) is 0 Å². The third-order valence-electron chi connectivity index (χ3n) is 1.78. The molecule has 0 unspecified atom stereocenters. The van der Waals surface area contributed by atoms with Gasteiger partial charge in [-0.15, -0.1) is 10.2 Å². The Bertz CT molecular complexity index is 535. The molecule has 0 spiro atoms. The highest BCUT2D eigenvalue weighted by Gasteiger charge is 2.19. The fourth-order valence-electron chi connectivity index (χ4n) is 1.11. The van der Waals surface area contributed by atoms with Crippen LogP contribution in [-0.4, -0.2) is 21.3 Å². The topological polar surface area (TPSA) is 76.2 Å². The molecule has 16 heavy (non-hydrogen) atoms. The van der Waals surface area contributed by atoms with E-state index in [2.05, 4.69) is 10.2 Å². The number of hydrogen-bond donors (Lipinski definition) is 1. The molecule has 2 rings (SSSR count). The van der Waals surface area contributed by atoms with E-state index in [1.165, 1.54) is 12.1 Å². The molecule has 7 heteroatoms. The first-order chi connectivity index (χ1) is 7.59. The molecule has 1 aromatic carbocycles. The number of aromatic carboxylic acids is 1. The number of hydrogen-bond acceptors (Lipinski definition) is 4. The predicted molar refractivity (Wildman–Crippen MR) is 51.7 cm³/mol. The second kappa shape index (κ2) is 3.90. The van der Waals surface area contributed by atoms with Crippen molar-refractivity contribution in [1.82, 2.24) is 10.2 Å². The van der Waals surface area contributed by atoms with E-state index in [-0.39, 0.29) is 16.5 Å². The van der Waals surface area contributed by atoms with Crippen molar-refractivity contribution < 1.29 is 18.7 Å². The van der Waals surface area contributed by atoms with Crippen molar-refractivity contribution in [2.45, 2.75) is 0 Å². The van der Waals surface area contributed by atoms with Crippen LogP contribution in [0, 0.1) is 5.82 Å². The number of benzene rings is 1. The van der Waals surface area contributed by atoms with Gasteiger partial charge in [-0.25, -0.2) is 9.18 Å². The molecule has 1 N–H and O–H groups in total. The van der Waals surface area contributed by atoms with Gasteiger partial charge in [0.05, 0.1) is 10.6 Å². The zero-order valence-corrected chi connectivity index (χ0v) is 8.40. The van der Waals surface area contributed by atoms with Crippen LogP contribution in [0.5, 0.6) is 0 Å². The number of rotatable bonds is 2. The maximum Gasteiger partial charge on any atom is 0.393 e. The van der Waals surface area contributed by atoms with Gasteiger partial charge in [0.2, 0.25) is 0 Å². The molecule has 1 heterocycles. The number of carbonyl (C=O) groups is 1. The van der Waals surface area contributed by atoms with Crippen LogP contribution in [0.1, 0.15) is 10.7 Å². The van der Waals surface area contributed by atoms with E-state index in [9.17, 15) is 9.18 Å². The number of aromatic nitrogens is 2. The Morgan fingerprint density at radius 3 is 2.75 bits per heavy atom. The van der Waals surface area contributed by atoms with Gasteiger partial charge in [0.25, 0.3) is 5.89 Å². The highest BCUT2D eigenvalue weighted by Crippen LogP contribution is 2.29. The van der Waals surface area contributed by atoms with E-state index in [4.69, 9.17) is 21.1 Å². The van der Waals surface area contributed by atoms with Crippen LogP contribution >= 0.6 is 11.6 Å². The van der Waals surface area contributed by atoms with Crippen LogP contribution in [0.2, 0.25) is 5.02 Å². The minimum Gasteiger partial charge on any atom is -0.474 e. The standard InChI is InChI=1S/C9H4ClFN2O3/c10-4-2-1-3-5(11)6(4)7-12-13-8(16-7)9(14)15/h1-3H,(H,14,15). The summed E-state index contributed by atoms with van der Waals surface area (Å²) in [4.78, 5) is 10.5. The first kappa shape index (κ1) is 10.6. The molecule has 1 aromatic heterocycles. The summed E-state index contributed by atoms with van der Waals surface area (Å²) in [5.74, 6) is -2.92. The first-order valence-electron chi connectivity index (χ1n) is 4.11. The van der Waals surface area contributed by atoms with Crippen LogP contribution in [0.15, 0.2) is 22.6 Å². The van der Waals surface area contributed by atoms with Gasteiger partial charge in [-0.2, -0.15) is 0 Å². The van der Waals surface area contributed by atoms with Crippen molar-refractivity contribution in [3.05, 3.63) is 34.9 Å². The van der Waals surface area contributed by atoms with Crippen molar-refractivity contribution >= 4 is 17.6 Å². The molecule has 0 amide bonds. The molecule has 5 nitrogen and oxygen atoms in total. The van der Waals surface area contributed by atoms with Crippen LogP contribution in [0.3, 0.4) is 0 Å². The molecule has 0 aliphatic carbocycles. The molecule has 0 aliphatic heterocycles. The van der Waals surface area contributed by atoms with Gasteiger partial charge in [0, 0.05) is 0 Å². The number of carboxylic acids is 1. The fourth-order valence-corrected chi connectivity index (χ4v) is 1.36. The number of halogens is 2. The molecule has 0 fully saturated rings. The third-order valence-corrected chi connectivity index (χ3v) is 2.10. The largest absolute Gasteiger partial charge is 0.474 e. The van der Waals surface area contributed by atoms with Crippen molar-refractivity contribution in [2.24, 2.45) is 0 Å². The molecule has 0 aliphatic rings. The van der Waals surface area contributed by atoms with E-state index in [0.717, 1.165) is 6.07 Å². The SMILES string of the molecule is O=C(O)c1nnc(-c2c(F)cccc2Cl)o1. The van der Waals surface area contributed by atoms with Gasteiger partial charge < -0.3 is 9.52 Å². The van der Waals surface area contributed by atoms with Gasteiger partial charge in [-0.3, -0.25) is 0 Å². The average molecular weight is 243 g/mol. The lowest BCUT2D eigenvalue weighted by atomic mass is 10.2. The Balaban J connectivity index is 2.54. The van der Waals surface area contributed by atoms with Crippen molar-refractivity contribution in [3.8, 4) is 11.5 Å². The molecular formula is C9H4ClFN2O3. The average Bonchev–Trinajstić information content (AvgIpc) is 2.66. The second-order valence-electron chi connectivity index (χ2n) is 2.81. The van der Waals surface area contributed by atoms with E-state index in [1.807, 2.05) is 0 Å². The molecule has 0 radical (unpaired) electrons. The van der Waals surface area contributed by atoms with Crippen LogP contribution in [0.4, 0.5) is 4.39 Å². The van der Waals surface area contributed by atoms with Gasteiger partial charge >= 0.3 is 11.9 Å². The zero-order valence-electron chi connectivity index (χ0n) is 7.65. The van der Waals surface area contributed by atoms with Crippen LogP contribution in [-0.2, 0) is 0 Å². The summed E-state index contributed by atoms with van der Waals surface area (Å²) in [7, 11) is 0. The number of nitrogens with zero attached hydrogens (tertiary/aromatic N) is 2. The smallest absolute Gasteiger partial charge is 0.393 e. The van der Waals surface area contributed by atoms with Crippen molar-refractivity contribution in [2.75, 3.05) is 0 Å². The Hall–Kier alpha value is -1.95. The Morgan fingerprint density at radius 1 is 1.44 bits per heavy atom. The summed E-state index contributed by atoms with van der Waals surface area (Å²) in [5.41, 5.74) is -0.107. The predicted octanol–water partition coefficient (Wildman–Crippen LogP) is 2.23. The quantitative estimate of drug-likeness (QED) is 0.874. The second-order valence-corrected chi connectivity index (χ2v) is 3.22. The third kappa shape index (κ3) is 1.74. The molecule has 2 aromatic rings. The molecule has 0 bridgehead atoms. The Kier molecular flexibility index (Phi) is 2.57. The van der Waals surface area contributed by atoms with Crippen LogP contribution in [0.25, 0.3) is 11.5 Å². The van der Waals surface area contributed by atoms with E-state index >= 15 is 0 Å². The fraction of sp³-hybridized carbons (Fsp3) is 0. The highest BCUT2D eigenvalue weighted by atomic mass is 35.5. The molecular weight excluding hydrogens is 239 g/mol. The minimum atomic E-state index is -1.38. The van der Waals surface area contributed by atoms with Gasteiger partial charge in [-0.1, -0.05) is 17.7 Å². The van der Waals surface area contributed by atoms with E-state index in [1.54, 1.807) is 0 Å². The summed E-state index contributed by atoms with van der Waals surface area (Å²) in [5, 5.41) is 15.3. The molecule has 82 valence electrons. The van der Waals surface area contributed by atoms with Crippen molar-refractivity contribution in [3.63, 3.8) is 0 Å². The minimum absolute atomic E-state index is 0.0700. The monoisotopic (exact) mass is 242 g/mol.